The molecule has 1 atom stereocenters. The topological polar surface area (TPSA) is 54.9 Å². The molecule has 0 spiro atoms. The van der Waals surface area contributed by atoms with Crippen molar-refractivity contribution in [2.75, 3.05) is 33.9 Å². The van der Waals surface area contributed by atoms with Crippen molar-refractivity contribution in [3.63, 3.8) is 0 Å². The smallest absolute Gasteiger partial charge is 0.191 e. The molecule has 0 aromatic heterocycles. The van der Waals surface area contributed by atoms with Crippen LogP contribution in [0.1, 0.15) is 39.2 Å². The van der Waals surface area contributed by atoms with Gasteiger partial charge in [-0.1, -0.05) is 26.0 Å². The summed E-state index contributed by atoms with van der Waals surface area (Å²) in [4.78, 5) is 4.39. The highest BCUT2D eigenvalue weighted by Crippen LogP contribution is 2.35. The van der Waals surface area contributed by atoms with Crippen molar-refractivity contribution in [2.24, 2.45) is 10.9 Å². The summed E-state index contributed by atoms with van der Waals surface area (Å²) >= 11 is 0. The Kier molecular flexibility index (Phi) is 9.71. The van der Waals surface area contributed by atoms with E-state index in [0.717, 1.165) is 44.3 Å². The number of nitrogens with zero attached hydrogens (tertiary/aromatic N) is 1. The molecule has 1 aromatic carbocycles. The Bertz CT molecular complexity index is 555. The summed E-state index contributed by atoms with van der Waals surface area (Å²) in [6.45, 7) is 9.03. The number of nitrogens with one attached hydrogen (secondary N) is 2. The number of hydrogen-bond donors (Lipinski definition) is 2. The summed E-state index contributed by atoms with van der Waals surface area (Å²) in [7, 11) is 3.53. The second-order valence-electron chi connectivity index (χ2n) is 7.22. The van der Waals surface area contributed by atoms with Gasteiger partial charge in [0, 0.05) is 38.3 Å². The van der Waals surface area contributed by atoms with Crippen LogP contribution in [0.4, 0.5) is 0 Å². The lowest BCUT2D eigenvalue weighted by atomic mass is 9.74. The predicted octanol–water partition coefficient (Wildman–Crippen LogP) is 3.57. The maximum Gasteiger partial charge on any atom is 0.191 e. The third-order valence-electron chi connectivity index (χ3n) is 5.33. The molecule has 148 valence electrons. The minimum Gasteiger partial charge on any atom is -0.497 e. The summed E-state index contributed by atoms with van der Waals surface area (Å²) in [6.07, 6.45) is 2.01. The van der Waals surface area contributed by atoms with Crippen LogP contribution >= 0.6 is 24.0 Å². The molecule has 1 aliphatic rings. The van der Waals surface area contributed by atoms with Gasteiger partial charge in [-0.3, -0.25) is 4.99 Å². The molecule has 0 bridgehead atoms. The maximum atomic E-state index is 5.62. The van der Waals surface area contributed by atoms with E-state index in [0.29, 0.717) is 12.0 Å². The number of hydrogen-bond acceptors (Lipinski definition) is 3. The third-order valence-corrected chi connectivity index (χ3v) is 5.33. The van der Waals surface area contributed by atoms with Gasteiger partial charge in [-0.05, 0) is 43.4 Å². The molecule has 0 amide bonds. The van der Waals surface area contributed by atoms with Gasteiger partial charge in [-0.25, -0.2) is 0 Å². The Hall–Kier alpha value is -1.02. The lowest BCUT2D eigenvalue weighted by Crippen LogP contribution is -2.50. The monoisotopic (exact) mass is 475 g/mol. The minimum absolute atomic E-state index is 0. The van der Waals surface area contributed by atoms with Gasteiger partial charge in [0.1, 0.15) is 5.75 Å². The molecule has 0 aliphatic carbocycles. The fourth-order valence-corrected chi connectivity index (χ4v) is 3.10. The Morgan fingerprint density at radius 3 is 2.31 bits per heavy atom. The van der Waals surface area contributed by atoms with Crippen molar-refractivity contribution < 1.29 is 9.47 Å². The second kappa shape index (κ2) is 11.0. The van der Waals surface area contributed by atoms with Crippen LogP contribution in [0.25, 0.3) is 0 Å². The molecule has 2 rings (SSSR count). The van der Waals surface area contributed by atoms with Crippen molar-refractivity contribution in [3.05, 3.63) is 29.8 Å². The minimum atomic E-state index is 0. The van der Waals surface area contributed by atoms with E-state index in [1.165, 1.54) is 5.56 Å². The maximum absolute atomic E-state index is 5.62. The summed E-state index contributed by atoms with van der Waals surface area (Å²) < 4.78 is 10.9. The lowest BCUT2D eigenvalue weighted by Gasteiger charge is -2.38. The van der Waals surface area contributed by atoms with Gasteiger partial charge in [-0.15, -0.1) is 24.0 Å². The summed E-state index contributed by atoms with van der Waals surface area (Å²) in [5.74, 6) is 2.31. The fraction of sp³-hybridized carbons (Fsp3) is 0.650. The molecule has 0 saturated carbocycles. The van der Waals surface area contributed by atoms with Crippen LogP contribution in [-0.4, -0.2) is 45.9 Å². The molecule has 5 nitrogen and oxygen atoms in total. The first kappa shape index (κ1) is 23.0. The van der Waals surface area contributed by atoms with Crippen molar-refractivity contribution in [1.82, 2.24) is 10.6 Å². The average molecular weight is 475 g/mol. The van der Waals surface area contributed by atoms with Crippen LogP contribution < -0.4 is 15.4 Å². The highest BCUT2D eigenvalue weighted by atomic mass is 127. The summed E-state index contributed by atoms with van der Waals surface area (Å²) in [5, 5.41) is 7.03. The Morgan fingerprint density at radius 2 is 1.81 bits per heavy atom. The van der Waals surface area contributed by atoms with Crippen LogP contribution in [0.5, 0.6) is 5.75 Å². The van der Waals surface area contributed by atoms with Gasteiger partial charge in [0.15, 0.2) is 5.96 Å². The quantitative estimate of drug-likeness (QED) is 0.375. The number of ether oxygens (including phenoxy) is 2. The molecule has 1 heterocycles. The first-order valence-corrected chi connectivity index (χ1v) is 9.20. The van der Waals surface area contributed by atoms with Crippen molar-refractivity contribution in [2.45, 2.75) is 45.1 Å². The first-order valence-electron chi connectivity index (χ1n) is 9.20. The van der Waals surface area contributed by atoms with Crippen LogP contribution in [0, 0.1) is 5.92 Å². The van der Waals surface area contributed by atoms with Crippen LogP contribution in [-0.2, 0) is 10.2 Å². The van der Waals surface area contributed by atoms with E-state index in [1.54, 1.807) is 7.11 Å². The Labute approximate surface area is 175 Å². The molecule has 2 N–H and O–H groups in total. The first-order chi connectivity index (χ1) is 12.0. The fourth-order valence-electron chi connectivity index (χ4n) is 3.10. The molecule has 1 unspecified atom stereocenters. The van der Waals surface area contributed by atoms with Crippen molar-refractivity contribution >= 4 is 29.9 Å². The SMILES string of the molecule is CN=C(NCC1(c2ccc(OC)cc2)CCOCC1)NC(C)C(C)C.I. The Balaban J connectivity index is 0.00000338. The molecule has 6 heteroatoms. The normalized spacial score (nSPS) is 18.0. The number of guanidine groups is 1. The van der Waals surface area contributed by atoms with Gasteiger partial charge in [-0.2, -0.15) is 0 Å². The standard InChI is InChI=1S/C20H33N3O2.HI/c1-15(2)16(3)23-19(21-4)22-14-20(10-12-25-13-11-20)17-6-8-18(24-5)9-7-17;/h6-9,15-16H,10-14H2,1-5H3,(H2,21,22,23);1H. The van der Waals surface area contributed by atoms with E-state index in [9.17, 15) is 0 Å². The second-order valence-corrected chi connectivity index (χ2v) is 7.22. The third kappa shape index (κ3) is 6.01. The molecule has 0 radical (unpaired) electrons. The van der Waals surface area contributed by atoms with Crippen LogP contribution in [0.15, 0.2) is 29.3 Å². The largest absolute Gasteiger partial charge is 0.497 e. The van der Waals surface area contributed by atoms with Crippen LogP contribution in [0.2, 0.25) is 0 Å². The lowest BCUT2D eigenvalue weighted by molar-refractivity contribution is 0.0513. The van der Waals surface area contributed by atoms with E-state index < -0.39 is 0 Å². The van der Waals surface area contributed by atoms with E-state index in [4.69, 9.17) is 9.47 Å². The highest BCUT2D eigenvalue weighted by Gasteiger charge is 2.34. The van der Waals surface area contributed by atoms with E-state index in [-0.39, 0.29) is 29.4 Å². The zero-order valence-electron chi connectivity index (χ0n) is 16.7. The Morgan fingerprint density at radius 1 is 1.19 bits per heavy atom. The van der Waals surface area contributed by atoms with Crippen molar-refractivity contribution in [3.8, 4) is 5.75 Å². The number of benzene rings is 1. The van der Waals surface area contributed by atoms with Gasteiger partial charge >= 0.3 is 0 Å². The van der Waals surface area contributed by atoms with Crippen molar-refractivity contribution in [1.29, 1.82) is 0 Å². The van der Waals surface area contributed by atoms with Crippen LogP contribution in [0.3, 0.4) is 0 Å². The molecule has 1 aliphatic heterocycles. The van der Waals surface area contributed by atoms with Gasteiger partial charge < -0.3 is 20.1 Å². The molecular weight excluding hydrogens is 441 g/mol. The number of aliphatic imine (C=N–C) groups is 1. The zero-order valence-corrected chi connectivity index (χ0v) is 19.0. The number of halogens is 1. The van der Waals surface area contributed by atoms with Gasteiger partial charge in [0.2, 0.25) is 0 Å². The molecule has 1 fully saturated rings. The predicted molar refractivity (Wildman–Crippen MR) is 119 cm³/mol. The molecule has 26 heavy (non-hydrogen) atoms. The zero-order chi connectivity index (χ0) is 18.3. The van der Waals surface area contributed by atoms with Gasteiger partial charge in [0.05, 0.1) is 7.11 Å². The van der Waals surface area contributed by atoms with E-state index >= 15 is 0 Å². The highest BCUT2D eigenvalue weighted by molar-refractivity contribution is 14.0. The van der Waals surface area contributed by atoms with E-state index in [2.05, 4.69) is 48.5 Å². The summed E-state index contributed by atoms with van der Waals surface area (Å²) in [6, 6.07) is 8.82. The number of rotatable bonds is 6. The summed E-state index contributed by atoms with van der Waals surface area (Å²) in [5.41, 5.74) is 1.39. The average Bonchev–Trinajstić information content (AvgIpc) is 2.65. The molecular formula is C20H34IN3O2. The number of methoxy groups -OCH3 is 1. The molecule has 1 saturated heterocycles. The molecule has 1 aromatic rings. The van der Waals surface area contributed by atoms with E-state index in [1.807, 2.05) is 19.2 Å². The van der Waals surface area contributed by atoms with Gasteiger partial charge in [0.25, 0.3) is 0 Å².